The molecule has 0 bridgehead atoms. The second-order valence-electron chi connectivity index (χ2n) is 5.60. The Morgan fingerprint density at radius 3 is 2.52 bits per heavy atom. The number of nitrogens with one attached hydrogen (secondary N) is 1. The molecule has 0 radical (unpaired) electrons. The predicted octanol–water partition coefficient (Wildman–Crippen LogP) is 3.52. The van der Waals surface area contributed by atoms with Crippen molar-refractivity contribution >= 4 is 62.9 Å². The predicted molar refractivity (Wildman–Crippen MR) is 109 cm³/mol. The van der Waals surface area contributed by atoms with E-state index in [0.29, 0.717) is 15.6 Å². The Morgan fingerprint density at radius 2 is 1.78 bits per heavy atom. The Hall–Kier alpha value is -2.61. The van der Waals surface area contributed by atoms with E-state index >= 15 is 0 Å². The molecule has 0 saturated carbocycles. The van der Waals surface area contributed by atoms with Crippen LogP contribution in [0.15, 0.2) is 62.0 Å². The van der Waals surface area contributed by atoms with Gasteiger partial charge in [0, 0.05) is 10.0 Å². The molecule has 0 saturated heterocycles. The van der Waals surface area contributed by atoms with E-state index < -0.39 is 17.0 Å². The molecule has 9 heteroatoms. The molecule has 4 rings (SSSR count). The molecule has 0 unspecified atom stereocenters. The van der Waals surface area contributed by atoms with Crippen molar-refractivity contribution in [3.63, 3.8) is 0 Å². The number of fused-ring (bicyclic) bond motifs is 1. The van der Waals surface area contributed by atoms with Gasteiger partial charge >= 0.3 is 0 Å². The SMILES string of the molecule is O=C1N=C(n2[nH]c(=O)c3ccccc3c2=O)S/C1=C/c1ccc(Cl)cc1Cl. The number of thioether (sulfide) groups is 1. The quantitative estimate of drug-likeness (QED) is 0.613. The number of hydrogen-bond acceptors (Lipinski definition) is 4. The van der Waals surface area contributed by atoms with Crippen LogP contribution >= 0.6 is 35.0 Å². The zero-order valence-corrected chi connectivity index (χ0v) is 15.7. The second-order valence-corrected chi connectivity index (χ2v) is 7.46. The van der Waals surface area contributed by atoms with Gasteiger partial charge in [0.25, 0.3) is 17.0 Å². The fourth-order valence-corrected chi connectivity index (χ4v) is 3.92. The highest BCUT2D eigenvalue weighted by Crippen LogP contribution is 2.31. The van der Waals surface area contributed by atoms with Crippen LogP contribution in [0.5, 0.6) is 0 Å². The maximum Gasteiger partial charge on any atom is 0.286 e. The van der Waals surface area contributed by atoms with Crippen LogP contribution < -0.4 is 11.1 Å². The summed E-state index contributed by atoms with van der Waals surface area (Å²) in [5.41, 5.74) is -0.318. The van der Waals surface area contributed by atoms with Crippen molar-refractivity contribution in [3.05, 3.63) is 83.7 Å². The third kappa shape index (κ3) is 3.25. The summed E-state index contributed by atoms with van der Waals surface area (Å²) in [6.45, 7) is 0. The average Bonchev–Trinajstić information content (AvgIpc) is 3.01. The van der Waals surface area contributed by atoms with Crippen LogP contribution in [0.25, 0.3) is 16.8 Å². The van der Waals surface area contributed by atoms with Crippen LogP contribution in [0.3, 0.4) is 0 Å². The molecule has 6 nitrogen and oxygen atoms in total. The van der Waals surface area contributed by atoms with E-state index in [9.17, 15) is 14.4 Å². The molecule has 2 heterocycles. The van der Waals surface area contributed by atoms with Gasteiger partial charge in [0.05, 0.1) is 15.7 Å². The molecular weight excluding hydrogens is 409 g/mol. The molecule has 1 aromatic heterocycles. The van der Waals surface area contributed by atoms with E-state index in [1.807, 2.05) is 0 Å². The number of benzene rings is 2. The van der Waals surface area contributed by atoms with Crippen LogP contribution in [-0.2, 0) is 4.79 Å². The monoisotopic (exact) mass is 417 g/mol. The molecule has 1 N–H and O–H groups in total. The first kappa shape index (κ1) is 17.8. The maximum atomic E-state index is 12.7. The largest absolute Gasteiger partial charge is 0.286 e. The summed E-state index contributed by atoms with van der Waals surface area (Å²) in [7, 11) is 0. The Kier molecular flexibility index (Phi) is 4.51. The topological polar surface area (TPSA) is 84.3 Å². The lowest BCUT2D eigenvalue weighted by atomic mass is 10.2. The summed E-state index contributed by atoms with van der Waals surface area (Å²) >= 11 is 13.0. The van der Waals surface area contributed by atoms with Crippen molar-refractivity contribution in [1.29, 1.82) is 0 Å². The summed E-state index contributed by atoms with van der Waals surface area (Å²) < 4.78 is 0.984. The summed E-state index contributed by atoms with van der Waals surface area (Å²) in [5, 5.41) is 3.91. The number of aromatic nitrogens is 2. The van der Waals surface area contributed by atoms with Gasteiger partial charge in [0.2, 0.25) is 0 Å². The third-order valence-corrected chi connectivity index (χ3v) is 5.40. The van der Waals surface area contributed by atoms with E-state index in [4.69, 9.17) is 23.2 Å². The molecule has 0 aliphatic carbocycles. The van der Waals surface area contributed by atoms with E-state index in [1.54, 1.807) is 48.5 Å². The number of hydrogen-bond donors (Lipinski definition) is 1. The van der Waals surface area contributed by atoms with Crippen LogP contribution in [0, 0.1) is 0 Å². The number of aliphatic imine (C=N–C) groups is 1. The lowest BCUT2D eigenvalue weighted by Gasteiger charge is -2.05. The first-order chi connectivity index (χ1) is 12.9. The number of H-pyrrole nitrogens is 1. The van der Waals surface area contributed by atoms with Gasteiger partial charge in [0.15, 0.2) is 5.17 Å². The maximum absolute atomic E-state index is 12.7. The highest BCUT2D eigenvalue weighted by Gasteiger charge is 2.25. The van der Waals surface area contributed by atoms with Crippen LogP contribution in [0.4, 0.5) is 0 Å². The zero-order chi connectivity index (χ0) is 19.1. The van der Waals surface area contributed by atoms with Crippen LogP contribution in [0.1, 0.15) is 5.56 Å². The Morgan fingerprint density at radius 1 is 1.04 bits per heavy atom. The number of rotatable bonds is 1. The zero-order valence-electron chi connectivity index (χ0n) is 13.4. The van der Waals surface area contributed by atoms with Gasteiger partial charge in [-0.05, 0) is 47.7 Å². The fourth-order valence-electron chi connectivity index (χ4n) is 2.59. The number of carbonyl (C=O) groups is 1. The lowest BCUT2D eigenvalue weighted by Crippen LogP contribution is -2.33. The van der Waals surface area contributed by atoms with Gasteiger partial charge < -0.3 is 0 Å². The second kappa shape index (κ2) is 6.84. The van der Waals surface area contributed by atoms with Crippen molar-refractivity contribution < 1.29 is 4.79 Å². The van der Waals surface area contributed by atoms with Crippen molar-refractivity contribution in [2.75, 3.05) is 0 Å². The average molecular weight is 418 g/mol. The molecule has 2 aromatic carbocycles. The number of halogens is 2. The molecule has 1 aliphatic heterocycles. The van der Waals surface area contributed by atoms with Crippen molar-refractivity contribution in [3.8, 4) is 0 Å². The van der Waals surface area contributed by atoms with Gasteiger partial charge in [-0.15, -0.1) is 0 Å². The first-order valence-electron chi connectivity index (χ1n) is 7.66. The molecule has 27 heavy (non-hydrogen) atoms. The van der Waals surface area contributed by atoms with E-state index in [2.05, 4.69) is 10.1 Å². The van der Waals surface area contributed by atoms with E-state index in [-0.39, 0.29) is 20.8 Å². The lowest BCUT2D eigenvalue weighted by molar-refractivity contribution is -0.113. The van der Waals surface area contributed by atoms with Crippen molar-refractivity contribution in [1.82, 2.24) is 9.78 Å². The van der Waals surface area contributed by atoms with Gasteiger partial charge in [-0.25, -0.2) is 0 Å². The molecule has 1 amide bonds. The summed E-state index contributed by atoms with van der Waals surface area (Å²) in [4.78, 5) is 41.3. The van der Waals surface area contributed by atoms with Crippen molar-refractivity contribution in [2.45, 2.75) is 0 Å². The molecule has 0 atom stereocenters. The minimum Gasteiger partial charge on any atom is -0.267 e. The number of nitrogens with zero attached hydrogens (tertiary/aromatic N) is 2. The highest BCUT2D eigenvalue weighted by molar-refractivity contribution is 8.18. The summed E-state index contributed by atoms with van der Waals surface area (Å²) in [6.07, 6.45) is 1.56. The van der Waals surface area contributed by atoms with Gasteiger partial charge in [-0.3, -0.25) is 19.5 Å². The van der Waals surface area contributed by atoms with Crippen LogP contribution in [-0.4, -0.2) is 20.9 Å². The fraction of sp³-hybridized carbons (Fsp3) is 0. The standard InChI is InChI=1S/C18H9Cl2N3O3S/c19-10-6-5-9(13(20)8-10)7-14-16(25)21-18(27-14)23-17(26)12-4-2-1-3-11(12)15(24)22-23/h1-8H,(H,22,24)/b14-7+. The number of carbonyl (C=O) groups excluding carboxylic acids is 1. The van der Waals surface area contributed by atoms with Crippen LogP contribution in [0.2, 0.25) is 10.0 Å². The minimum atomic E-state index is -0.526. The normalized spacial score (nSPS) is 15.6. The Balaban J connectivity index is 1.77. The summed E-state index contributed by atoms with van der Waals surface area (Å²) in [5.74, 6) is -0.526. The highest BCUT2D eigenvalue weighted by atomic mass is 35.5. The van der Waals surface area contributed by atoms with Gasteiger partial charge in [-0.2, -0.15) is 9.67 Å². The number of aromatic amines is 1. The minimum absolute atomic E-state index is 0.0733. The van der Waals surface area contributed by atoms with E-state index in [1.165, 1.54) is 0 Å². The van der Waals surface area contributed by atoms with E-state index in [0.717, 1.165) is 16.4 Å². The van der Waals surface area contributed by atoms with Gasteiger partial charge in [-0.1, -0.05) is 41.4 Å². The molecule has 0 fully saturated rings. The molecule has 3 aromatic rings. The summed E-state index contributed by atoms with van der Waals surface area (Å²) in [6, 6.07) is 11.3. The molecule has 0 spiro atoms. The first-order valence-corrected chi connectivity index (χ1v) is 9.23. The Bertz CT molecular complexity index is 1290. The van der Waals surface area contributed by atoms with Crippen molar-refractivity contribution in [2.24, 2.45) is 4.99 Å². The molecular formula is C18H9Cl2N3O3S. The number of amides is 1. The molecule has 1 aliphatic rings. The smallest absolute Gasteiger partial charge is 0.267 e. The third-order valence-electron chi connectivity index (χ3n) is 3.87. The van der Waals surface area contributed by atoms with Gasteiger partial charge in [0.1, 0.15) is 0 Å². The Labute approximate surface area is 166 Å². The molecule has 134 valence electrons.